The molecule has 3 N–H and O–H groups in total. The second-order valence-electron chi connectivity index (χ2n) is 5.12. The monoisotopic (exact) mass is 242 g/mol. The summed E-state index contributed by atoms with van der Waals surface area (Å²) in [6, 6.07) is -0.260. The van der Waals surface area contributed by atoms with Crippen LogP contribution in [-0.2, 0) is 9.59 Å². The molecule has 0 aromatic rings. The third kappa shape index (κ3) is 3.43. The quantitative estimate of drug-likeness (QED) is 0.679. The molecule has 5 nitrogen and oxygen atoms in total. The van der Waals surface area contributed by atoms with E-state index in [4.69, 9.17) is 5.11 Å². The lowest BCUT2D eigenvalue weighted by molar-refractivity contribution is -0.147. The molecule has 0 aromatic heterocycles. The molecule has 17 heavy (non-hydrogen) atoms. The number of nitrogens with one attached hydrogen (secondary N) is 2. The Bertz CT molecular complexity index is 306. The topological polar surface area (TPSA) is 78.4 Å². The molecule has 0 aliphatic carbocycles. The minimum atomic E-state index is -1.17. The number of hydrogen-bond donors (Lipinski definition) is 3. The molecular formula is C12H22N2O3. The molecule has 1 aliphatic rings. The Balaban J connectivity index is 2.61. The first-order valence-corrected chi connectivity index (χ1v) is 6.18. The molecular weight excluding hydrogens is 220 g/mol. The van der Waals surface area contributed by atoms with Crippen molar-refractivity contribution >= 4 is 11.9 Å². The number of amides is 1. The van der Waals surface area contributed by atoms with Crippen LogP contribution in [0.25, 0.3) is 0 Å². The molecule has 1 aliphatic heterocycles. The number of piperidine rings is 1. The molecule has 1 saturated heterocycles. The van der Waals surface area contributed by atoms with Crippen molar-refractivity contribution in [2.75, 3.05) is 6.54 Å². The molecule has 1 heterocycles. The van der Waals surface area contributed by atoms with Crippen molar-refractivity contribution in [1.82, 2.24) is 10.6 Å². The number of rotatable bonds is 4. The summed E-state index contributed by atoms with van der Waals surface area (Å²) < 4.78 is 0. The highest BCUT2D eigenvalue weighted by Crippen LogP contribution is 2.17. The number of aliphatic carboxylic acids is 1. The average molecular weight is 242 g/mol. The number of carbonyl (C=O) groups excluding carboxylic acids is 1. The van der Waals surface area contributed by atoms with E-state index in [0.717, 1.165) is 19.4 Å². The summed E-state index contributed by atoms with van der Waals surface area (Å²) in [6.45, 7) is 6.22. The minimum Gasteiger partial charge on any atom is -0.480 e. The van der Waals surface area contributed by atoms with Gasteiger partial charge in [0.15, 0.2) is 0 Å². The van der Waals surface area contributed by atoms with Crippen molar-refractivity contribution in [1.29, 1.82) is 0 Å². The summed E-state index contributed by atoms with van der Waals surface area (Å²) in [5.41, 5.74) is -1.17. The van der Waals surface area contributed by atoms with Crippen molar-refractivity contribution in [3.8, 4) is 0 Å². The van der Waals surface area contributed by atoms with Crippen molar-refractivity contribution < 1.29 is 14.7 Å². The van der Waals surface area contributed by atoms with E-state index < -0.39 is 11.5 Å². The Morgan fingerprint density at radius 3 is 2.65 bits per heavy atom. The Labute approximate surface area is 102 Å². The zero-order chi connectivity index (χ0) is 13.1. The minimum absolute atomic E-state index is 0.205. The Morgan fingerprint density at radius 2 is 2.18 bits per heavy atom. The zero-order valence-electron chi connectivity index (χ0n) is 10.7. The molecule has 1 rings (SSSR count). The third-order valence-corrected chi connectivity index (χ3v) is 3.56. The predicted octanol–water partition coefficient (Wildman–Crippen LogP) is 0.744. The van der Waals surface area contributed by atoms with E-state index in [1.54, 1.807) is 13.8 Å². The van der Waals surface area contributed by atoms with Crippen LogP contribution >= 0.6 is 0 Å². The predicted molar refractivity (Wildman–Crippen MR) is 64.7 cm³/mol. The summed E-state index contributed by atoms with van der Waals surface area (Å²) in [7, 11) is 0. The van der Waals surface area contributed by atoms with Gasteiger partial charge in [-0.25, -0.2) is 4.79 Å². The van der Waals surface area contributed by atoms with Gasteiger partial charge < -0.3 is 15.7 Å². The summed E-state index contributed by atoms with van der Waals surface area (Å²) in [5.74, 6) is -0.690. The molecule has 0 radical (unpaired) electrons. The van der Waals surface area contributed by atoms with Crippen molar-refractivity contribution in [2.24, 2.45) is 5.92 Å². The summed E-state index contributed by atoms with van der Waals surface area (Å²) in [6.07, 6.45) is 2.20. The number of carboxylic acid groups (broad SMARTS) is 1. The van der Waals surface area contributed by atoms with Crippen LogP contribution in [0.2, 0.25) is 0 Å². The van der Waals surface area contributed by atoms with Gasteiger partial charge in [0.25, 0.3) is 0 Å². The maximum Gasteiger partial charge on any atom is 0.329 e. The Kier molecular flexibility index (Phi) is 4.51. The normalized spacial score (nSPS) is 28.2. The van der Waals surface area contributed by atoms with Crippen LogP contribution in [0.3, 0.4) is 0 Å². The second kappa shape index (κ2) is 5.49. The van der Waals surface area contributed by atoms with Gasteiger partial charge in [0.1, 0.15) is 5.54 Å². The summed E-state index contributed by atoms with van der Waals surface area (Å²) >= 11 is 0. The van der Waals surface area contributed by atoms with Gasteiger partial charge in [-0.1, -0.05) is 13.8 Å². The van der Waals surface area contributed by atoms with E-state index >= 15 is 0 Å². The van der Waals surface area contributed by atoms with Gasteiger partial charge in [0.2, 0.25) is 5.91 Å². The molecule has 0 saturated carbocycles. The van der Waals surface area contributed by atoms with Gasteiger partial charge in [0.05, 0.1) is 6.04 Å². The first-order chi connectivity index (χ1) is 7.89. The maximum atomic E-state index is 12.0. The standard InChI is InChI=1S/C12H22N2O3/c1-4-12(3,11(16)17)14-10(15)9-7-8(2)5-6-13-9/h8-9,13H,4-7H2,1-3H3,(H,14,15)(H,16,17). The Morgan fingerprint density at radius 1 is 1.53 bits per heavy atom. The van der Waals surface area contributed by atoms with Crippen LogP contribution in [0.4, 0.5) is 0 Å². The van der Waals surface area contributed by atoms with Crippen LogP contribution in [0.1, 0.15) is 40.0 Å². The lowest BCUT2D eigenvalue weighted by atomic mass is 9.92. The van der Waals surface area contributed by atoms with E-state index in [-0.39, 0.29) is 11.9 Å². The molecule has 0 aromatic carbocycles. The molecule has 98 valence electrons. The first-order valence-electron chi connectivity index (χ1n) is 6.18. The lowest BCUT2D eigenvalue weighted by Crippen LogP contribution is -2.58. The zero-order valence-corrected chi connectivity index (χ0v) is 10.7. The van der Waals surface area contributed by atoms with Gasteiger partial charge >= 0.3 is 5.97 Å². The average Bonchev–Trinajstić information content (AvgIpc) is 2.28. The largest absolute Gasteiger partial charge is 0.480 e. The van der Waals surface area contributed by atoms with E-state index in [9.17, 15) is 9.59 Å². The van der Waals surface area contributed by atoms with Crippen molar-refractivity contribution in [2.45, 2.75) is 51.6 Å². The molecule has 0 spiro atoms. The van der Waals surface area contributed by atoms with Gasteiger partial charge in [-0.3, -0.25) is 4.79 Å². The fraction of sp³-hybridized carbons (Fsp3) is 0.833. The van der Waals surface area contributed by atoms with Crippen LogP contribution in [0.15, 0.2) is 0 Å². The highest BCUT2D eigenvalue weighted by molar-refractivity contribution is 5.89. The fourth-order valence-electron chi connectivity index (χ4n) is 1.96. The number of carbonyl (C=O) groups is 2. The molecule has 5 heteroatoms. The second-order valence-corrected chi connectivity index (χ2v) is 5.12. The molecule has 3 unspecified atom stereocenters. The van der Waals surface area contributed by atoms with E-state index in [1.807, 2.05) is 0 Å². The SMILES string of the molecule is CCC(C)(NC(=O)C1CC(C)CCN1)C(=O)O. The van der Waals surface area contributed by atoms with E-state index in [0.29, 0.717) is 12.3 Å². The van der Waals surface area contributed by atoms with Gasteiger partial charge in [-0.2, -0.15) is 0 Å². The van der Waals surface area contributed by atoms with Crippen LogP contribution in [-0.4, -0.2) is 35.1 Å². The van der Waals surface area contributed by atoms with E-state index in [2.05, 4.69) is 17.6 Å². The first kappa shape index (κ1) is 14.0. The number of hydrogen-bond acceptors (Lipinski definition) is 3. The van der Waals surface area contributed by atoms with Crippen LogP contribution < -0.4 is 10.6 Å². The van der Waals surface area contributed by atoms with Crippen LogP contribution in [0.5, 0.6) is 0 Å². The highest BCUT2D eigenvalue weighted by Gasteiger charge is 2.35. The molecule has 3 atom stereocenters. The molecule has 1 amide bonds. The summed E-state index contributed by atoms with van der Waals surface area (Å²) in [5, 5.41) is 14.9. The van der Waals surface area contributed by atoms with Crippen molar-refractivity contribution in [3.63, 3.8) is 0 Å². The number of carboxylic acids is 1. The third-order valence-electron chi connectivity index (χ3n) is 3.56. The molecule has 1 fully saturated rings. The maximum absolute atomic E-state index is 12.0. The highest BCUT2D eigenvalue weighted by atomic mass is 16.4. The Hall–Kier alpha value is -1.10. The van der Waals surface area contributed by atoms with Gasteiger partial charge in [0, 0.05) is 0 Å². The molecule has 0 bridgehead atoms. The van der Waals surface area contributed by atoms with Gasteiger partial charge in [-0.15, -0.1) is 0 Å². The van der Waals surface area contributed by atoms with Crippen molar-refractivity contribution in [3.05, 3.63) is 0 Å². The van der Waals surface area contributed by atoms with Gasteiger partial charge in [-0.05, 0) is 38.6 Å². The van der Waals surface area contributed by atoms with Crippen LogP contribution in [0, 0.1) is 5.92 Å². The van der Waals surface area contributed by atoms with E-state index in [1.165, 1.54) is 0 Å². The summed E-state index contributed by atoms with van der Waals surface area (Å²) in [4.78, 5) is 23.1. The fourth-order valence-corrected chi connectivity index (χ4v) is 1.96. The smallest absolute Gasteiger partial charge is 0.329 e. The lowest BCUT2D eigenvalue weighted by Gasteiger charge is -2.31.